The molecule has 1 aromatic rings. The first-order valence-corrected chi connectivity index (χ1v) is 10.7. The molecule has 4 nitrogen and oxygen atoms in total. The third kappa shape index (κ3) is 12.3. The fourth-order valence-electron chi connectivity index (χ4n) is 2.98. The number of allylic oxidation sites excluding steroid dienone is 2. The zero-order chi connectivity index (χ0) is 24.9. The molecule has 1 aliphatic heterocycles. The smallest absolute Gasteiger partial charge is 0.194 e. The van der Waals surface area contributed by atoms with Gasteiger partial charge in [0.25, 0.3) is 0 Å². The van der Waals surface area contributed by atoms with Crippen LogP contribution in [0.5, 0.6) is 0 Å². The summed E-state index contributed by atoms with van der Waals surface area (Å²) < 4.78 is 44.6. The van der Waals surface area contributed by atoms with Gasteiger partial charge in [-0.1, -0.05) is 32.6 Å². The van der Waals surface area contributed by atoms with Crippen molar-refractivity contribution in [1.82, 2.24) is 10.4 Å². The predicted molar refractivity (Wildman–Crippen MR) is 125 cm³/mol. The van der Waals surface area contributed by atoms with Crippen LogP contribution in [-0.2, 0) is 37.4 Å². The molecule has 33 heavy (non-hydrogen) atoms. The van der Waals surface area contributed by atoms with E-state index in [2.05, 4.69) is 28.8 Å². The molecule has 0 aromatic heterocycles. The standard InChI is InChI=1S/C18H21F3N2O.C5H11O.C2H6.Y/c1-3-5-13(17(4-2)22-24)11-23-7-6-12(10-23)14-8-15(19)18(21)16(20)9-14;1-5(2,3)6-4;1-2;/h3-5,8-9,12,22,24H,2,6-7,10-11H2,1H3;4H2,1-3H3;1-2H3;/q;-1;;/b5-3-,17-13-;;;. The number of rotatable bonds is 6. The van der Waals surface area contributed by atoms with E-state index in [9.17, 15) is 13.2 Å². The van der Waals surface area contributed by atoms with E-state index in [-0.39, 0.29) is 44.2 Å². The molecule has 1 saturated heterocycles. The number of hydroxylamine groups is 1. The molecular formula is C25H38F3N2O2Y-. The summed E-state index contributed by atoms with van der Waals surface area (Å²) in [5.74, 6) is -3.81. The second kappa shape index (κ2) is 17.4. The number of halogens is 3. The summed E-state index contributed by atoms with van der Waals surface area (Å²) in [6.45, 7) is 17.3. The Balaban J connectivity index is 0. The molecule has 1 atom stereocenters. The molecule has 1 radical (unpaired) electrons. The Hall–Kier alpha value is -0.986. The Bertz CT molecular complexity index is 754. The summed E-state index contributed by atoms with van der Waals surface area (Å²) in [6, 6.07) is 2.14. The molecule has 0 saturated carbocycles. The zero-order valence-corrected chi connectivity index (χ0v) is 23.6. The van der Waals surface area contributed by atoms with Gasteiger partial charge in [-0.05, 0) is 75.9 Å². The first-order valence-electron chi connectivity index (χ1n) is 10.7. The minimum Gasteiger partial charge on any atom is -0.551 e. The predicted octanol–water partition coefficient (Wildman–Crippen LogP) is 6.50. The topological polar surface area (TPSA) is 44.7 Å². The number of hydrogen-bond acceptors (Lipinski definition) is 4. The molecule has 1 aromatic carbocycles. The maximum Gasteiger partial charge on any atom is 0.194 e. The van der Waals surface area contributed by atoms with E-state index < -0.39 is 17.5 Å². The Labute approximate surface area is 222 Å². The number of likely N-dealkylation sites (tertiary alicyclic amines) is 1. The van der Waals surface area contributed by atoms with Crippen LogP contribution in [0.15, 0.2) is 48.2 Å². The number of nitrogens with zero attached hydrogens (tertiary/aromatic N) is 1. The van der Waals surface area contributed by atoms with Crippen LogP contribution in [0.25, 0.3) is 0 Å². The fraction of sp³-hybridized carbons (Fsp3) is 0.480. The van der Waals surface area contributed by atoms with Gasteiger partial charge >= 0.3 is 0 Å². The average molecular weight is 544 g/mol. The van der Waals surface area contributed by atoms with Gasteiger partial charge in [-0.2, -0.15) is 0 Å². The number of benzene rings is 1. The molecular weight excluding hydrogens is 506 g/mol. The molecule has 0 bridgehead atoms. The van der Waals surface area contributed by atoms with E-state index in [1.54, 1.807) is 0 Å². The minimum atomic E-state index is -1.43. The molecule has 8 heteroatoms. The fourth-order valence-corrected chi connectivity index (χ4v) is 2.98. The summed E-state index contributed by atoms with van der Waals surface area (Å²) in [4.78, 5) is 2.11. The number of hydrogen-bond donors (Lipinski definition) is 2. The summed E-state index contributed by atoms with van der Waals surface area (Å²) >= 11 is 0. The molecule has 0 spiro atoms. The Morgan fingerprint density at radius 3 is 2.18 bits per heavy atom. The number of nitrogens with one attached hydrogen (secondary N) is 1. The van der Waals surface area contributed by atoms with E-state index in [0.29, 0.717) is 24.4 Å². The van der Waals surface area contributed by atoms with E-state index in [1.807, 2.05) is 53.7 Å². The third-order valence-electron chi connectivity index (χ3n) is 4.62. The van der Waals surface area contributed by atoms with Crippen molar-refractivity contribution in [3.05, 3.63) is 78.3 Å². The van der Waals surface area contributed by atoms with Crippen LogP contribution in [0.4, 0.5) is 13.2 Å². The molecule has 2 rings (SSSR count). The monoisotopic (exact) mass is 544 g/mol. The van der Waals surface area contributed by atoms with Crippen LogP contribution >= 0.6 is 0 Å². The van der Waals surface area contributed by atoms with Crippen LogP contribution in [0.2, 0.25) is 0 Å². The second-order valence-corrected chi connectivity index (χ2v) is 8.03. The Morgan fingerprint density at radius 1 is 1.27 bits per heavy atom. The molecule has 1 unspecified atom stereocenters. The average Bonchev–Trinajstić information content (AvgIpc) is 3.22. The summed E-state index contributed by atoms with van der Waals surface area (Å²) in [6.07, 6.45) is 5.97. The van der Waals surface area contributed by atoms with Gasteiger partial charge in [-0.25, -0.2) is 20.3 Å². The van der Waals surface area contributed by atoms with Gasteiger partial charge in [0, 0.05) is 51.4 Å². The van der Waals surface area contributed by atoms with Gasteiger partial charge in [0.2, 0.25) is 0 Å². The summed E-state index contributed by atoms with van der Waals surface area (Å²) in [5, 5.41) is 9.16. The molecule has 0 aliphatic carbocycles. The normalized spacial score (nSPS) is 16.6. The van der Waals surface area contributed by atoms with Crippen LogP contribution in [0.1, 0.15) is 59.4 Å². The Kier molecular flexibility index (Phi) is 18.1. The van der Waals surface area contributed by atoms with Crippen molar-refractivity contribution >= 4 is 0 Å². The van der Waals surface area contributed by atoms with E-state index in [4.69, 9.17) is 5.21 Å². The van der Waals surface area contributed by atoms with Gasteiger partial charge in [0.05, 0.1) is 5.70 Å². The molecule has 0 amide bonds. The molecule has 2 N–H and O–H groups in total. The first kappa shape index (κ1) is 34.2. The van der Waals surface area contributed by atoms with E-state index in [0.717, 1.165) is 30.7 Å². The van der Waals surface area contributed by atoms with Crippen LogP contribution < -0.4 is 5.48 Å². The maximum atomic E-state index is 13.4. The quantitative estimate of drug-likeness (QED) is 0.186. The zero-order valence-electron chi connectivity index (χ0n) is 20.7. The van der Waals surface area contributed by atoms with Crippen LogP contribution in [-0.4, -0.2) is 35.3 Å². The van der Waals surface area contributed by atoms with Crippen LogP contribution in [0, 0.1) is 24.6 Å². The molecule has 185 valence electrons. The third-order valence-corrected chi connectivity index (χ3v) is 4.62. The Morgan fingerprint density at radius 2 is 1.79 bits per heavy atom. The number of ether oxygens (including phenoxy) is 1. The summed E-state index contributed by atoms with van der Waals surface area (Å²) in [7, 11) is 3.26. The van der Waals surface area contributed by atoms with Crippen molar-refractivity contribution in [3.8, 4) is 0 Å². The van der Waals surface area contributed by atoms with Crippen molar-refractivity contribution in [2.75, 3.05) is 19.6 Å². The van der Waals surface area contributed by atoms with Crippen molar-refractivity contribution in [1.29, 1.82) is 0 Å². The van der Waals surface area contributed by atoms with Crippen LogP contribution in [0.3, 0.4) is 0 Å². The van der Waals surface area contributed by atoms with E-state index >= 15 is 0 Å². The molecule has 1 fully saturated rings. The maximum absolute atomic E-state index is 13.4. The summed E-state index contributed by atoms with van der Waals surface area (Å²) in [5.41, 5.74) is 3.88. The molecule has 1 aliphatic rings. The van der Waals surface area contributed by atoms with Gasteiger partial charge in [-0.3, -0.25) is 15.6 Å². The largest absolute Gasteiger partial charge is 0.551 e. The van der Waals surface area contributed by atoms with Gasteiger partial charge in [0.1, 0.15) is 0 Å². The second-order valence-electron chi connectivity index (χ2n) is 8.03. The molecule has 1 heterocycles. The van der Waals surface area contributed by atoms with Crippen molar-refractivity contribution in [3.63, 3.8) is 0 Å². The van der Waals surface area contributed by atoms with Crippen molar-refractivity contribution < 1.29 is 55.8 Å². The SMILES string of the molecule is C=C/C(NO)=C(\C=C/C)CN1CCC(c2cc(F)c(F)c(F)c2)C1.CC.[CH2-]OC(C)(C)C.[Y]. The minimum absolute atomic E-state index is 0. The van der Waals surface area contributed by atoms with Crippen molar-refractivity contribution in [2.45, 2.75) is 59.5 Å². The van der Waals surface area contributed by atoms with Gasteiger partial charge < -0.3 is 4.74 Å². The van der Waals surface area contributed by atoms with E-state index in [1.165, 1.54) is 6.08 Å². The van der Waals surface area contributed by atoms with Crippen molar-refractivity contribution in [2.24, 2.45) is 0 Å². The van der Waals surface area contributed by atoms with Gasteiger partial charge in [0.15, 0.2) is 17.5 Å². The first-order chi connectivity index (χ1) is 15.1. The van der Waals surface area contributed by atoms with Gasteiger partial charge in [-0.15, -0.1) is 0 Å².